The van der Waals surface area contributed by atoms with Crippen LogP contribution in [0.4, 0.5) is 10.5 Å². The van der Waals surface area contributed by atoms with Gasteiger partial charge in [0.15, 0.2) is 0 Å². The molecule has 0 atom stereocenters. The molecule has 0 aliphatic carbocycles. The number of rotatable bonds is 4. The summed E-state index contributed by atoms with van der Waals surface area (Å²) in [7, 11) is 0. The van der Waals surface area contributed by atoms with Gasteiger partial charge in [-0.3, -0.25) is 0 Å². The maximum Gasteiger partial charge on any atom is 0.319 e. The number of amides is 2. The van der Waals surface area contributed by atoms with E-state index < -0.39 is 5.54 Å². The molecule has 100 valence electrons. The Kier molecular flexibility index (Phi) is 5.16. The highest BCUT2D eigenvalue weighted by atomic mass is 79.9. The summed E-state index contributed by atoms with van der Waals surface area (Å²) in [4.78, 5) is 11.8. The predicted octanol–water partition coefficient (Wildman–Crippen LogP) is 3.04. The van der Waals surface area contributed by atoms with Crippen LogP contribution in [-0.2, 0) is 0 Å². The average Bonchev–Trinajstić information content (AvgIpc) is 2.23. The molecular formula is C13H19BrN2O2. The summed E-state index contributed by atoms with van der Waals surface area (Å²) in [5.74, 6) is 0. The highest BCUT2D eigenvalue weighted by Crippen LogP contribution is 2.23. The van der Waals surface area contributed by atoms with E-state index in [-0.39, 0.29) is 12.6 Å². The second-order valence-electron chi connectivity index (χ2n) is 4.85. The number of benzene rings is 1. The molecule has 0 aliphatic rings. The van der Waals surface area contributed by atoms with Crippen LogP contribution in [0.15, 0.2) is 22.7 Å². The fourth-order valence-corrected chi connectivity index (χ4v) is 1.91. The van der Waals surface area contributed by atoms with Crippen molar-refractivity contribution in [2.24, 2.45) is 0 Å². The molecule has 0 spiro atoms. The molecule has 5 heteroatoms. The summed E-state index contributed by atoms with van der Waals surface area (Å²) >= 11 is 3.42. The van der Waals surface area contributed by atoms with Gasteiger partial charge in [0.25, 0.3) is 0 Å². The molecule has 1 aromatic rings. The zero-order valence-electron chi connectivity index (χ0n) is 10.9. The highest BCUT2D eigenvalue weighted by Gasteiger charge is 2.19. The van der Waals surface area contributed by atoms with Crippen LogP contribution in [-0.4, -0.2) is 23.3 Å². The number of carbonyl (C=O) groups excluding carboxylic acids is 1. The Bertz CT molecular complexity index is 433. The van der Waals surface area contributed by atoms with Crippen molar-refractivity contribution in [1.29, 1.82) is 0 Å². The Morgan fingerprint density at radius 2 is 2.11 bits per heavy atom. The molecule has 0 saturated carbocycles. The minimum Gasteiger partial charge on any atom is -0.396 e. The summed E-state index contributed by atoms with van der Waals surface area (Å²) in [5, 5.41) is 14.5. The molecule has 0 unspecified atom stereocenters. The van der Waals surface area contributed by atoms with Gasteiger partial charge < -0.3 is 15.7 Å². The molecule has 18 heavy (non-hydrogen) atoms. The maximum atomic E-state index is 11.8. The SMILES string of the molecule is Cc1c(Br)cccc1NC(=O)NC(C)(C)CCO. The van der Waals surface area contributed by atoms with Gasteiger partial charge in [-0.05, 0) is 44.9 Å². The van der Waals surface area contributed by atoms with Gasteiger partial charge in [0.05, 0.1) is 0 Å². The standard InChI is InChI=1S/C13H19BrN2O2/c1-9-10(14)5-4-6-11(9)15-12(18)16-13(2,3)7-8-17/h4-6,17H,7-8H2,1-3H3,(H2,15,16,18). The fourth-order valence-electron chi connectivity index (χ4n) is 1.55. The minimum absolute atomic E-state index is 0.0448. The summed E-state index contributed by atoms with van der Waals surface area (Å²) in [6.07, 6.45) is 0.512. The lowest BCUT2D eigenvalue weighted by molar-refractivity contribution is 0.218. The zero-order valence-corrected chi connectivity index (χ0v) is 12.5. The number of aliphatic hydroxyl groups is 1. The average molecular weight is 315 g/mol. The first-order valence-corrected chi connectivity index (χ1v) is 6.60. The summed E-state index contributed by atoms with van der Waals surface area (Å²) in [6.45, 7) is 5.72. The molecule has 0 aliphatic heterocycles. The molecule has 3 N–H and O–H groups in total. The first kappa shape index (κ1) is 15.0. The van der Waals surface area contributed by atoms with Gasteiger partial charge in [0.2, 0.25) is 0 Å². The summed E-state index contributed by atoms with van der Waals surface area (Å²) in [5.41, 5.74) is 1.31. The molecule has 1 aromatic carbocycles. The van der Waals surface area contributed by atoms with Crippen molar-refractivity contribution < 1.29 is 9.90 Å². The van der Waals surface area contributed by atoms with Crippen LogP contribution in [0.5, 0.6) is 0 Å². The number of hydrogen-bond acceptors (Lipinski definition) is 2. The van der Waals surface area contributed by atoms with Crippen molar-refractivity contribution in [1.82, 2.24) is 5.32 Å². The van der Waals surface area contributed by atoms with Crippen LogP contribution in [0.2, 0.25) is 0 Å². The van der Waals surface area contributed by atoms with Gasteiger partial charge in [-0.1, -0.05) is 22.0 Å². The van der Waals surface area contributed by atoms with Crippen molar-refractivity contribution in [3.63, 3.8) is 0 Å². The van der Waals surface area contributed by atoms with E-state index in [1.165, 1.54) is 0 Å². The first-order chi connectivity index (χ1) is 8.35. The molecule has 0 saturated heterocycles. The van der Waals surface area contributed by atoms with E-state index in [0.29, 0.717) is 6.42 Å². The molecule has 0 heterocycles. The van der Waals surface area contributed by atoms with Crippen molar-refractivity contribution in [2.45, 2.75) is 32.7 Å². The molecule has 0 bridgehead atoms. The van der Waals surface area contributed by atoms with E-state index in [9.17, 15) is 4.79 Å². The molecule has 1 rings (SSSR count). The number of aliphatic hydroxyl groups excluding tert-OH is 1. The summed E-state index contributed by atoms with van der Waals surface area (Å²) < 4.78 is 0.954. The Morgan fingerprint density at radius 1 is 1.44 bits per heavy atom. The van der Waals surface area contributed by atoms with Crippen LogP contribution in [0, 0.1) is 6.92 Å². The van der Waals surface area contributed by atoms with Crippen molar-refractivity contribution in [3.05, 3.63) is 28.2 Å². The lowest BCUT2D eigenvalue weighted by atomic mass is 10.0. The Labute approximate surface area is 116 Å². The number of urea groups is 1. The second-order valence-corrected chi connectivity index (χ2v) is 5.70. The van der Waals surface area contributed by atoms with E-state index in [0.717, 1.165) is 15.7 Å². The summed E-state index contributed by atoms with van der Waals surface area (Å²) in [6, 6.07) is 5.37. The molecular weight excluding hydrogens is 296 g/mol. The van der Waals surface area contributed by atoms with Gasteiger partial charge in [-0.15, -0.1) is 0 Å². The van der Waals surface area contributed by atoms with E-state index in [1.807, 2.05) is 39.0 Å². The molecule has 2 amide bonds. The van der Waals surface area contributed by atoms with Gasteiger partial charge in [0.1, 0.15) is 0 Å². The van der Waals surface area contributed by atoms with Gasteiger partial charge >= 0.3 is 6.03 Å². The predicted molar refractivity (Wildman–Crippen MR) is 76.8 cm³/mol. The third kappa shape index (κ3) is 4.31. The first-order valence-electron chi connectivity index (χ1n) is 5.81. The van der Waals surface area contributed by atoms with Crippen molar-refractivity contribution >= 4 is 27.6 Å². The number of anilines is 1. The lowest BCUT2D eigenvalue weighted by Crippen LogP contribution is -2.46. The monoisotopic (exact) mass is 314 g/mol. The molecule has 4 nitrogen and oxygen atoms in total. The maximum absolute atomic E-state index is 11.8. The second kappa shape index (κ2) is 6.20. The number of halogens is 1. The van der Waals surface area contributed by atoms with Crippen LogP contribution in [0.3, 0.4) is 0 Å². The fraction of sp³-hybridized carbons (Fsp3) is 0.462. The lowest BCUT2D eigenvalue weighted by Gasteiger charge is -2.25. The van der Waals surface area contributed by atoms with E-state index in [1.54, 1.807) is 0 Å². The Morgan fingerprint density at radius 3 is 2.72 bits per heavy atom. The van der Waals surface area contributed by atoms with Crippen molar-refractivity contribution in [3.8, 4) is 0 Å². The van der Waals surface area contributed by atoms with Gasteiger partial charge in [-0.2, -0.15) is 0 Å². The van der Waals surface area contributed by atoms with E-state index in [4.69, 9.17) is 5.11 Å². The third-order valence-corrected chi connectivity index (χ3v) is 3.56. The normalized spacial score (nSPS) is 11.2. The molecule has 0 radical (unpaired) electrons. The number of hydrogen-bond donors (Lipinski definition) is 3. The highest BCUT2D eigenvalue weighted by molar-refractivity contribution is 9.10. The number of carbonyl (C=O) groups is 1. The smallest absolute Gasteiger partial charge is 0.319 e. The van der Waals surface area contributed by atoms with E-state index >= 15 is 0 Å². The topological polar surface area (TPSA) is 61.4 Å². The Hall–Kier alpha value is -1.07. The number of nitrogens with one attached hydrogen (secondary N) is 2. The van der Waals surface area contributed by atoms with Crippen LogP contribution in [0.1, 0.15) is 25.8 Å². The quantitative estimate of drug-likeness (QED) is 0.800. The van der Waals surface area contributed by atoms with Crippen LogP contribution >= 0.6 is 15.9 Å². The van der Waals surface area contributed by atoms with Gasteiger partial charge in [-0.25, -0.2) is 4.79 Å². The Balaban J connectivity index is 2.68. The zero-order chi connectivity index (χ0) is 13.8. The molecule has 0 fully saturated rings. The van der Waals surface area contributed by atoms with E-state index in [2.05, 4.69) is 26.6 Å². The van der Waals surface area contributed by atoms with Crippen LogP contribution < -0.4 is 10.6 Å². The van der Waals surface area contributed by atoms with Crippen LogP contribution in [0.25, 0.3) is 0 Å². The molecule has 0 aromatic heterocycles. The largest absolute Gasteiger partial charge is 0.396 e. The minimum atomic E-state index is -0.432. The van der Waals surface area contributed by atoms with Crippen molar-refractivity contribution in [2.75, 3.05) is 11.9 Å². The van der Waals surface area contributed by atoms with Gasteiger partial charge in [0, 0.05) is 22.3 Å². The third-order valence-electron chi connectivity index (χ3n) is 2.70.